The average molecular weight is 515 g/mol. The van der Waals surface area contributed by atoms with Gasteiger partial charge in [-0.2, -0.15) is 23.5 Å². The van der Waals surface area contributed by atoms with Crippen LogP contribution in [0.15, 0.2) is 42.9 Å². The molecule has 0 amide bonds. The maximum absolute atomic E-state index is 13.6. The Balaban J connectivity index is 1.37. The highest BCUT2D eigenvalue weighted by Gasteiger charge is 2.36. The molecule has 0 radical (unpaired) electrons. The number of H-pyrrole nitrogens is 1. The minimum atomic E-state index is -4.73. The predicted molar refractivity (Wildman–Crippen MR) is 126 cm³/mol. The summed E-state index contributed by atoms with van der Waals surface area (Å²) >= 11 is 0. The van der Waals surface area contributed by atoms with Crippen LogP contribution >= 0.6 is 0 Å². The Kier molecular flexibility index (Phi) is 6.54. The summed E-state index contributed by atoms with van der Waals surface area (Å²) in [5.74, 6) is 0.219. The third kappa shape index (κ3) is 5.40. The lowest BCUT2D eigenvalue weighted by Crippen LogP contribution is -2.27. The van der Waals surface area contributed by atoms with Crippen LogP contribution in [0.1, 0.15) is 48.4 Å². The van der Waals surface area contributed by atoms with Gasteiger partial charge in [0.25, 0.3) is 6.43 Å². The first-order chi connectivity index (χ1) is 17.7. The smallest absolute Gasteiger partial charge is 0.358 e. The number of halogens is 5. The lowest BCUT2D eigenvalue weighted by Gasteiger charge is -2.29. The number of hydrogen-bond acceptors (Lipinski definition) is 5. The van der Waals surface area contributed by atoms with Crippen molar-refractivity contribution in [3.63, 3.8) is 0 Å². The standard InChI is InChI=1S/C25H22F5N7/c26-22(27)13-37-12-17(10-33-37)23-19(25(28,29)30)11-32-24(36-23)34-18-3-1-2-15(7-18)21-8-16-6-14(9-31)4-5-20(16)35-21/h4-6,8,10-12,15,18,22,35H,1-3,7,13H2,(H,32,34,36)/t15-,18+/m0/s1. The zero-order valence-electron chi connectivity index (χ0n) is 19.4. The molecular formula is C25H22F5N7. The zero-order chi connectivity index (χ0) is 26.2. The largest absolute Gasteiger partial charge is 0.419 e. The number of hydrogen-bond donors (Lipinski definition) is 2. The fourth-order valence-electron chi connectivity index (χ4n) is 4.84. The number of benzene rings is 1. The van der Waals surface area contributed by atoms with Crippen molar-refractivity contribution in [3.05, 3.63) is 59.7 Å². The van der Waals surface area contributed by atoms with Gasteiger partial charge in [0.2, 0.25) is 5.95 Å². The van der Waals surface area contributed by atoms with Gasteiger partial charge >= 0.3 is 6.18 Å². The van der Waals surface area contributed by atoms with Crippen LogP contribution in [-0.4, -0.2) is 37.2 Å². The molecule has 0 saturated heterocycles. The molecule has 0 spiro atoms. The number of aromatic amines is 1. The monoisotopic (exact) mass is 515 g/mol. The summed E-state index contributed by atoms with van der Waals surface area (Å²) in [5.41, 5.74) is 1.06. The van der Waals surface area contributed by atoms with E-state index in [0.29, 0.717) is 18.2 Å². The molecule has 1 aliphatic rings. The summed E-state index contributed by atoms with van der Waals surface area (Å²) in [5, 5.41) is 17.0. The molecule has 4 aromatic rings. The highest BCUT2D eigenvalue weighted by atomic mass is 19.4. The summed E-state index contributed by atoms with van der Waals surface area (Å²) < 4.78 is 67.2. The van der Waals surface area contributed by atoms with Gasteiger partial charge in [0.15, 0.2) is 0 Å². The minimum absolute atomic E-state index is 0.0187. The average Bonchev–Trinajstić information content (AvgIpc) is 3.49. The Morgan fingerprint density at radius 1 is 1.19 bits per heavy atom. The fourth-order valence-corrected chi connectivity index (χ4v) is 4.84. The van der Waals surface area contributed by atoms with E-state index in [1.807, 2.05) is 18.2 Å². The van der Waals surface area contributed by atoms with E-state index in [2.05, 4.69) is 31.4 Å². The Morgan fingerprint density at radius 3 is 2.78 bits per heavy atom. The number of alkyl halides is 5. The fraction of sp³-hybridized carbons (Fsp3) is 0.360. The SMILES string of the molecule is N#Cc1ccc2[nH]c([C@H]3CCC[C@@H](Nc4ncc(C(F)(F)F)c(-c5cnn(CC(F)F)c5)n4)C3)cc2c1. The van der Waals surface area contributed by atoms with Gasteiger partial charge in [-0.15, -0.1) is 0 Å². The molecular weight excluding hydrogens is 493 g/mol. The number of nitrogens with zero attached hydrogens (tertiary/aromatic N) is 5. The van der Waals surface area contributed by atoms with E-state index >= 15 is 0 Å². The molecule has 0 aliphatic heterocycles. The molecule has 5 rings (SSSR count). The lowest BCUT2D eigenvalue weighted by molar-refractivity contribution is -0.137. The molecule has 7 nitrogen and oxygen atoms in total. The van der Waals surface area contributed by atoms with Crippen LogP contribution < -0.4 is 5.32 Å². The molecule has 37 heavy (non-hydrogen) atoms. The van der Waals surface area contributed by atoms with Crippen molar-refractivity contribution < 1.29 is 22.0 Å². The van der Waals surface area contributed by atoms with Crippen LogP contribution in [0.3, 0.4) is 0 Å². The van der Waals surface area contributed by atoms with Gasteiger partial charge in [0.1, 0.15) is 12.1 Å². The molecule has 192 valence electrons. The van der Waals surface area contributed by atoms with Gasteiger partial charge in [-0.1, -0.05) is 6.42 Å². The van der Waals surface area contributed by atoms with Gasteiger partial charge in [0, 0.05) is 46.5 Å². The summed E-state index contributed by atoms with van der Waals surface area (Å²) in [6.07, 6.45) is -1.15. The summed E-state index contributed by atoms with van der Waals surface area (Å²) in [4.78, 5) is 11.4. The van der Waals surface area contributed by atoms with Crippen molar-refractivity contribution >= 4 is 16.9 Å². The number of nitrogens with one attached hydrogen (secondary N) is 2. The van der Waals surface area contributed by atoms with Crippen molar-refractivity contribution in [1.82, 2.24) is 24.7 Å². The molecule has 3 heterocycles. The molecule has 3 aromatic heterocycles. The third-order valence-electron chi connectivity index (χ3n) is 6.54. The van der Waals surface area contributed by atoms with E-state index in [4.69, 9.17) is 5.26 Å². The topological polar surface area (TPSA) is 95.2 Å². The van der Waals surface area contributed by atoms with Crippen molar-refractivity contribution in [1.29, 1.82) is 5.26 Å². The highest BCUT2D eigenvalue weighted by Crippen LogP contribution is 2.38. The van der Waals surface area contributed by atoms with Gasteiger partial charge in [-0.25, -0.2) is 18.7 Å². The van der Waals surface area contributed by atoms with E-state index < -0.39 is 30.4 Å². The van der Waals surface area contributed by atoms with E-state index in [9.17, 15) is 22.0 Å². The Labute approximate surface area is 208 Å². The number of nitriles is 1. The zero-order valence-corrected chi connectivity index (χ0v) is 19.4. The second-order valence-electron chi connectivity index (χ2n) is 9.14. The van der Waals surface area contributed by atoms with Gasteiger partial charge < -0.3 is 10.3 Å². The maximum Gasteiger partial charge on any atom is 0.419 e. The third-order valence-corrected chi connectivity index (χ3v) is 6.54. The van der Waals surface area contributed by atoms with Crippen molar-refractivity contribution in [3.8, 4) is 17.3 Å². The summed E-state index contributed by atoms with van der Waals surface area (Å²) in [7, 11) is 0. The first-order valence-corrected chi connectivity index (χ1v) is 11.7. The molecule has 1 aromatic carbocycles. The molecule has 1 aliphatic carbocycles. The molecule has 0 unspecified atom stereocenters. The van der Waals surface area contributed by atoms with Gasteiger partial charge in [0.05, 0.1) is 23.5 Å². The van der Waals surface area contributed by atoms with E-state index in [1.165, 1.54) is 0 Å². The molecule has 12 heteroatoms. The minimum Gasteiger partial charge on any atom is -0.358 e. The first-order valence-electron chi connectivity index (χ1n) is 11.7. The highest BCUT2D eigenvalue weighted by molar-refractivity contribution is 5.82. The summed E-state index contributed by atoms with van der Waals surface area (Å²) in [6, 6.07) is 9.55. The Bertz CT molecular complexity index is 1450. The van der Waals surface area contributed by atoms with E-state index in [1.54, 1.807) is 6.07 Å². The van der Waals surface area contributed by atoms with Crippen molar-refractivity contribution in [2.45, 2.75) is 56.8 Å². The second-order valence-corrected chi connectivity index (χ2v) is 9.14. The maximum atomic E-state index is 13.6. The van der Waals surface area contributed by atoms with Crippen LogP contribution in [0.4, 0.5) is 27.9 Å². The van der Waals surface area contributed by atoms with Crippen LogP contribution in [-0.2, 0) is 12.7 Å². The normalized spacial score (nSPS) is 18.3. The van der Waals surface area contributed by atoms with Crippen molar-refractivity contribution in [2.75, 3.05) is 5.32 Å². The Morgan fingerprint density at radius 2 is 2.03 bits per heavy atom. The number of anilines is 1. The molecule has 1 fully saturated rings. The van der Waals surface area contributed by atoms with Crippen LogP contribution in [0, 0.1) is 11.3 Å². The summed E-state index contributed by atoms with van der Waals surface area (Å²) in [6.45, 7) is -0.730. The first kappa shape index (κ1) is 24.7. The molecule has 2 N–H and O–H groups in total. The van der Waals surface area contributed by atoms with Crippen LogP contribution in [0.2, 0.25) is 0 Å². The van der Waals surface area contributed by atoms with Crippen molar-refractivity contribution in [2.24, 2.45) is 0 Å². The molecule has 2 atom stereocenters. The van der Waals surface area contributed by atoms with Crippen LogP contribution in [0.5, 0.6) is 0 Å². The Hall–Kier alpha value is -4.01. The van der Waals surface area contributed by atoms with Crippen LogP contribution in [0.25, 0.3) is 22.2 Å². The second kappa shape index (κ2) is 9.80. The van der Waals surface area contributed by atoms with Gasteiger partial charge in [-0.05, 0) is 43.5 Å². The molecule has 1 saturated carbocycles. The number of aromatic nitrogens is 5. The van der Waals surface area contributed by atoms with Gasteiger partial charge in [-0.3, -0.25) is 4.68 Å². The predicted octanol–water partition coefficient (Wildman–Crippen LogP) is 6.12. The quantitative estimate of drug-likeness (QED) is 0.302. The lowest BCUT2D eigenvalue weighted by atomic mass is 9.84. The molecule has 0 bridgehead atoms. The van der Waals surface area contributed by atoms with E-state index in [0.717, 1.165) is 52.9 Å². The van der Waals surface area contributed by atoms with E-state index in [-0.39, 0.29) is 23.5 Å². The number of rotatable bonds is 6. The number of fused-ring (bicyclic) bond motifs is 1.